The number of likely N-dealkylation sites (tertiary alicyclic amines) is 1. The van der Waals surface area contributed by atoms with Crippen LogP contribution in [-0.2, 0) is 0 Å². The fraction of sp³-hybridized carbons (Fsp3) is 1.00. The highest BCUT2D eigenvalue weighted by Gasteiger charge is 2.27. The van der Waals surface area contributed by atoms with Crippen LogP contribution < -0.4 is 0 Å². The normalized spacial score (nSPS) is 30.5. The molecule has 2 unspecified atom stereocenters. The Labute approximate surface area is 77.1 Å². The summed E-state index contributed by atoms with van der Waals surface area (Å²) in [6.07, 6.45) is 2.75. The molecule has 0 aromatic carbocycles. The van der Waals surface area contributed by atoms with Crippen molar-refractivity contribution in [2.75, 3.05) is 20.1 Å². The minimum Gasteiger partial charge on any atom is -0.306 e. The molecule has 72 valence electrons. The van der Waals surface area contributed by atoms with Gasteiger partial charge in [0, 0.05) is 6.54 Å². The molecule has 0 saturated carbocycles. The van der Waals surface area contributed by atoms with Gasteiger partial charge in [0.1, 0.15) is 0 Å². The van der Waals surface area contributed by atoms with E-state index in [0.717, 1.165) is 17.8 Å². The summed E-state index contributed by atoms with van der Waals surface area (Å²) in [6.45, 7) is 9.76. The van der Waals surface area contributed by atoms with Gasteiger partial charge in [-0.05, 0) is 37.8 Å². The van der Waals surface area contributed by atoms with Crippen molar-refractivity contribution in [3.63, 3.8) is 0 Å². The second kappa shape index (κ2) is 4.27. The monoisotopic (exact) mass is 169 g/mol. The third-order valence-electron chi connectivity index (χ3n) is 3.71. The van der Waals surface area contributed by atoms with Crippen molar-refractivity contribution in [2.24, 2.45) is 17.8 Å². The van der Waals surface area contributed by atoms with Gasteiger partial charge in [-0.15, -0.1) is 0 Å². The van der Waals surface area contributed by atoms with Crippen LogP contribution in [0.3, 0.4) is 0 Å². The third-order valence-corrected chi connectivity index (χ3v) is 3.71. The van der Waals surface area contributed by atoms with Crippen LogP contribution in [0.5, 0.6) is 0 Å². The quantitative estimate of drug-likeness (QED) is 0.628. The molecule has 0 radical (unpaired) electrons. The lowest BCUT2D eigenvalue weighted by molar-refractivity contribution is 0.255. The van der Waals surface area contributed by atoms with E-state index in [-0.39, 0.29) is 0 Å². The van der Waals surface area contributed by atoms with Crippen LogP contribution in [0.1, 0.15) is 33.6 Å². The van der Waals surface area contributed by atoms with E-state index >= 15 is 0 Å². The zero-order valence-electron chi connectivity index (χ0n) is 9.01. The average molecular weight is 169 g/mol. The second-order valence-electron chi connectivity index (χ2n) is 4.56. The summed E-state index contributed by atoms with van der Waals surface area (Å²) in [7, 11) is 2.24. The highest BCUT2D eigenvalue weighted by molar-refractivity contribution is 4.79. The molecular weight excluding hydrogens is 146 g/mol. The van der Waals surface area contributed by atoms with E-state index in [4.69, 9.17) is 0 Å². The predicted molar refractivity (Wildman–Crippen MR) is 54.2 cm³/mol. The minimum absolute atomic E-state index is 0.904. The molecule has 1 rings (SSSR count). The maximum Gasteiger partial charge on any atom is 0.000973 e. The van der Waals surface area contributed by atoms with Crippen LogP contribution in [0.4, 0.5) is 0 Å². The standard InChI is InChI=1S/C11H23N/c1-5-9(2)10(3)11-6-7-12(4)8-11/h9-11H,5-8H2,1-4H3/t9?,10?,11-/m1/s1. The van der Waals surface area contributed by atoms with Crippen molar-refractivity contribution in [3.8, 4) is 0 Å². The fourth-order valence-corrected chi connectivity index (χ4v) is 2.23. The van der Waals surface area contributed by atoms with Crippen LogP contribution in [0.25, 0.3) is 0 Å². The number of hydrogen-bond donors (Lipinski definition) is 0. The Kier molecular flexibility index (Phi) is 3.57. The van der Waals surface area contributed by atoms with Gasteiger partial charge < -0.3 is 4.90 Å². The van der Waals surface area contributed by atoms with Crippen LogP contribution >= 0.6 is 0 Å². The molecule has 0 aromatic heterocycles. The van der Waals surface area contributed by atoms with E-state index in [2.05, 4.69) is 32.7 Å². The van der Waals surface area contributed by atoms with E-state index in [1.807, 2.05) is 0 Å². The van der Waals surface area contributed by atoms with Crippen LogP contribution in [0.2, 0.25) is 0 Å². The van der Waals surface area contributed by atoms with Crippen molar-refractivity contribution in [1.29, 1.82) is 0 Å². The molecule has 0 bridgehead atoms. The molecule has 0 aliphatic carbocycles. The molecular formula is C11H23N. The SMILES string of the molecule is CCC(C)C(C)[C@@H]1CCN(C)C1. The maximum atomic E-state index is 2.46. The summed E-state index contributed by atoms with van der Waals surface area (Å²) < 4.78 is 0. The molecule has 1 saturated heterocycles. The van der Waals surface area contributed by atoms with Crippen LogP contribution in [0, 0.1) is 17.8 Å². The predicted octanol–water partition coefficient (Wildman–Crippen LogP) is 2.62. The number of hydrogen-bond acceptors (Lipinski definition) is 1. The highest BCUT2D eigenvalue weighted by Crippen LogP contribution is 2.29. The van der Waals surface area contributed by atoms with Crippen molar-refractivity contribution in [2.45, 2.75) is 33.6 Å². The molecule has 1 heteroatoms. The van der Waals surface area contributed by atoms with Gasteiger partial charge in [-0.3, -0.25) is 0 Å². The summed E-state index contributed by atoms with van der Waals surface area (Å²) >= 11 is 0. The lowest BCUT2D eigenvalue weighted by atomic mass is 9.82. The summed E-state index contributed by atoms with van der Waals surface area (Å²) in [5.41, 5.74) is 0. The van der Waals surface area contributed by atoms with E-state index in [9.17, 15) is 0 Å². The molecule has 0 amide bonds. The molecule has 12 heavy (non-hydrogen) atoms. The van der Waals surface area contributed by atoms with Crippen LogP contribution in [-0.4, -0.2) is 25.0 Å². The Balaban J connectivity index is 2.37. The molecule has 1 nitrogen and oxygen atoms in total. The Morgan fingerprint density at radius 1 is 1.42 bits per heavy atom. The Hall–Kier alpha value is -0.0400. The minimum atomic E-state index is 0.904. The molecule has 0 spiro atoms. The molecule has 0 N–H and O–H groups in total. The largest absolute Gasteiger partial charge is 0.306 e. The van der Waals surface area contributed by atoms with Gasteiger partial charge >= 0.3 is 0 Å². The zero-order chi connectivity index (χ0) is 9.14. The van der Waals surface area contributed by atoms with E-state index in [0.29, 0.717) is 0 Å². The lowest BCUT2D eigenvalue weighted by Crippen LogP contribution is -2.22. The second-order valence-corrected chi connectivity index (χ2v) is 4.56. The van der Waals surface area contributed by atoms with Crippen molar-refractivity contribution < 1.29 is 0 Å². The summed E-state index contributed by atoms with van der Waals surface area (Å²) in [4.78, 5) is 2.46. The number of rotatable bonds is 3. The van der Waals surface area contributed by atoms with Gasteiger partial charge in [-0.1, -0.05) is 27.2 Å². The Morgan fingerprint density at radius 2 is 2.08 bits per heavy atom. The topological polar surface area (TPSA) is 3.24 Å². The van der Waals surface area contributed by atoms with E-state index < -0.39 is 0 Å². The van der Waals surface area contributed by atoms with Gasteiger partial charge in [-0.2, -0.15) is 0 Å². The Morgan fingerprint density at radius 3 is 2.50 bits per heavy atom. The first-order chi connectivity index (χ1) is 5.65. The highest BCUT2D eigenvalue weighted by atomic mass is 15.1. The summed E-state index contributed by atoms with van der Waals surface area (Å²) in [5, 5.41) is 0. The first-order valence-corrected chi connectivity index (χ1v) is 5.33. The van der Waals surface area contributed by atoms with Crippen LogP contribution in [0.15, 0.2) is 0 Å². The molecule has 3 atom stereocenters. The maximum absolute atomic E-state index is 2.46. The van der Waals surface area contributed by atoms with Gasteiger partial charge in [0.05, 0.1) is 0 Å². The summed E-state index contributed by atoms with van der Waals surface area (Å²) in [5.74, 6) is 2.78. The Bertz CT molecular complexity index is 133. The van der Waals surface area contributed by atoms with E-state index in [1.165, 1.54) is 25.9 Å². The van der Waals surface area contributed by atoms with Gasteiger partial charge in [0.15, 0.2) is 0 Å². The van der Waals surface area contributed by atoms with Crippen molar-refractivity contribution >= 4 is 0 Å². The number of nitrogens with zero attached hydrogens (tertiary/aromatic N) is 1. The van der Waals surface area contributed by atoms with E-state index in [1.54, 1.807) is 0 Å². The molecule has 1 fully saturated rings. The first kappa shape index (κ1) is 10.0. The van der Waals surface area contributed by atoms with Gasteiger partial charge in [0.2, 0.25) is 0 Å². The average Bonchev–Trinajstić information content (AvgIpc) is 2.49. The fourth-order valence-electron chi connectivity index (χ4n) is 2.23. The summed E-state index contributed by atoms with van der Waals surface area (Å²) in [6, 6.07) is 0. The molecule has 1 aliphatic rings. The first-order valence-electron chi connectivity index (χ1n) is 5.33. The van der Waals surface area contributed by atoms with Gasteiger partial charge in [0.25, 0.3) is 0 Å². The molecule has 1 heterocycles. The molecule has 1 aliphatic heterocycles. The lowest BCUT2D eigenvalue weighted by Gasteiger charge is -2.24. The molecule has 0 aromatic rings. The zero-order valence-corrected chi connectivity index (χ0v) is 9.01. The third kappa shape index (κ3) is 2.22. The smallest absolute Gasteiger partial charge is 0.000973 e. The van der Waals surface area contributed by atoms with Crippen molar-refractivity contribution in [3.05, 3.63) is 0 Å². The van der Waals surface area contributed by atoms with Crippen molar-refractivity contribution in [1.82, 2.24) is 4.90 Å². The van der Waals surface area contributed by atoms with Gasteiger partial charge in [-0.25, -0.2) is 0 Å².